The lowest BCUT2D eigenvalue weighted by molar-refractivity contribution is -0.138. The van der Waals surface area contributed by atoms with Crippen molar-refractivity contribution in [2.45, 2.75) is 36.5 Å². The van der Waals surface area contributed by atoms with Crippen molar-refractivity contribution in [2.75, 3.05) is 0 Å². The van der Waals surface area contributed by atoms with E-state index < -0.39 is 5.41 Å². The van der Waals surface area contributed by atoms with Gasteiger partial charge in [0.2, 0.25) is 11.8 Å². The zero-order valence-electron chi connectivity index (χ0n) is 9.69. The van der Waals surface area contributed by atoms with Gasteiger partial charge >= 0.3 is 0 Å². The van der Waals surface area contributed by atoms with E-state index in [0.717, 1.165) is 10.5 Å². The van der Waals surface area contributed by atoms with E-state index in [-0.39, 0.29) is 11.8 Å². The van der Waals surface area contributed by atoms with Gasteiger partial charge < -0.3 is 0 Å². The Hall–Kier alpha value is -1.29. The third-order valence-electron chi connectivity index (χ3n) is 3.49. The molecule has 1 aliphatic heterocycles. The number of carbonyl (C=O) groups is 2. The highest BCUT2D eigenvalue weighted by atomic mass is 32.1. The molecule has 0 unspecified atom stereocenters. The second kappa shape index (κ2) is 4.53. The smallest absolute Gasteiger partial charge is 0.237 e. The fraction of sp³-hybridized carbons (Fsp3) is 0.385. The standard InChI is InChI=1S/C13H15NO2S/c1-2-13(8-7-11(15)14-12(13)16)9-3-5-10(17)6-4-9/h3-6,17H,2,7-8H2,1H3,(H,14,15,16)/t13-/m0/s1. The van der Waals surface area contributed by atoms with Crippen molar-refractivity contribution in [2.24, 2.45) is 0 Å². The lowest BCUT2D eigenvalue weighted by Gasteiger charge is -2.34. The number of nitrogens with one attached hydrogen (secondary N) is 1. The van der Waals surface area contributed by atoms with Gasteiger partial charge in [0.05, 0.1) is 5.41 Å². The van der Waals surface area contributed by atoms with E-state index in [2.05, 4.69) is 17.9 Å². The van der Waals surface area contributed by atoms with Gasteiger partial charge in [-0.1, -0.05) is 19.1 Å². The molecule has 1 atom stereocenters. The first-order chi connectivity index (χ1) is 8.08. The van der Waals surface area contributed by atoms with Crippen LogP contribution in [-0.2, 0) is 15.0 Å². The summed E-state index contributed by atoms with van der Waals surface area (Å²) in [5, 5.41) is 2.44. The molecular weight excluding hydrogens is 234 g/mol. The van der Waals surface area contributed by atoms with Crippen LogP contribution in [0.5, 0.6) is 0 Å². The van der Waals surface area contributed by atoms with Crippen LogP contribution >= 0.6 is 12.6 Å². The number of imide groups is 1. The average Bonchev–Trinajstić information content (AvgIpc) is 2.31. The number of thiol groups is 1. The molecule has 0 bridgehead atoms. The Morgan fingerprint density at radius 1 is 1.29 bits per heavy atom. The molecule has 1 fully saturated rings. The Labute approximate surface area is 106 Å². The molecule has 1 N–H and O–H groups in total. The Morgan fingerprint density at radius 3 is 2.47 bits per heavy atom. The molecule has 0 spiro atoms. The topological polar surface area (TPSA) is 46.2 Å². The van der Waals surface area contributed by atoms with Crippen molar-refractivity contribution in [3.63, 3.8) is 0 Å². The molecule has 1 heterocycles. The summed E-state index contributed by atoms with van der Waals surface area (Å²) in [4.78, 5) is 24.2. The number of piperidine rings is 1. The Morgan fingerprint density at radius 2 is 1.94 bits per heavy atom. The van der Waals surface area contributed by atoms with Crippen molar-refractivity contribution in [3.05, 3.63) is 29.8 Å². The number of rotatable bonds is 2. The zero-order chi connectivity index (χ0) is 12.5. The highest BCUT2D eigenvalue weighted by Crippen LogP contribution is 2.35. The second-order valence-electron chi connectivity index (χ2n) is 4.36. The normalized spacial score (nSPS) is 24.6. The van der Waals surface area contributed by atoms with Crippen LogP contribution in [-0.4, -0.2) is 11.8 Å². The van der Waals surface area contributed by atoms with Crippen LogP contribution in [0.25, 0.3) is 0 Å². The van der Waals surface area contributed by atoms with Crippen LogP contribution in [0.4, 0.5) is 0 Å². The molecule has 0 saturated carbocycles. The van der Waals surface area contributed by atoms with E-state index in [1.165, 1.54) is 0 Å². The molecule has 0 aliphatic carbocycles. The Balaban J connectivity index is 2.40. The number of hydrogen-bond donors (Lipinski definition) is 2. The fourth-order valence-corrected chi connectivity index (χ4v) is 2.50. The maximum atomic E-state index is 12.1. The lowest BCUT2D eigenvalue weighted by atomic mass is 9.72. The predicted octanol–water partition coefficient (Wildman–Crippen LogP) is 2.06. The number of amides is 2. The van der Waals surface area contributed by atoms with Gasteiger partial charge in [-0.3, -0.25) is 14.9 Å². The molecular formula is C13H15NO2S. The van der Waals surface area contributed by atoms with Crippen molar-refractivity contribution in [1.29, 1.82) is 0 Å². The van der Waals surface area contributed by atoms with E-state index in [9.17, 15) is 9.59 Å². The molecule has 1 saturated heterocycles. The minimum Gasteiger partial charge on any atom is -0.296 e. The first-order valence-electron chi connectivity index (χ1n) is 5.72. The summed E-state index contributed by atoms with van der Waals surface area (Å²) < 4.78 is 0. The van der Waals surface area contributed by atoms with E-state index >= 15 is 0 Å². The van der Waals surface area contributed by atoms with Crippen molar-refractivity contribution in [3.8, 4) is 0 Å². The first kappa shape index (κ1) is 12.2. The summed E-state index contributed by atoms with van der Waals surface area (Å²) in [6.07, 6.45) is 1.68. The Kier molecular flexibility index (Phi) is 3.24. The second-order valence-corrected chi connectivity index (χ2v) is 4.88. The fourth-order valence-electron chi connectivity index (χ4n) is 2.35. The highest BCUT2D eigenvalue weighted by Gasteiger charge is 2.42. The summed E-state index contributed by atoms with van der Waals surface area (Å²) in [7, 11) is 0. The summed E-state index contributed by atoms with van der Waals surface area (Å²) in [5.41, 5.74) is 0.401. The van der Waals surface area contributed by atoms with E-state index in [1.54, 1.807) is 0 Å². The SMILES string of the molecule is CC[C@@]1(c2ccc(S)cc2)CCC(=O)NC1=O. The van der Waals surface area contributed by atoms with Gasteiger partial charge in [-0.15, -0.1) is 12.6 Å². The van der Waals surface area contributed by atoms with Crippen LogP contribution in [0.3, 0.4) is 0 Å². The average molecular weight is 249 g/mol. The zero-order valence-corrected chi connectivity index (χ0v) is 10.6. The van der Waals surface area contributed by atoms with Gasteiger partial charge in [0.25, 0.3) is 0 Å². The summed E-state index contributed by atoms with van der Waals surface area (Å²) >= 11 is 4.23. The molecule has 4 heteroatoms. The third kappa shape index (κ3) is 2.09. The van der Waals surface area contributed by atoms with Gasteiger partial charge in [0.15, 0.2) is 0 Å². The molecule has 1 aromatic rings. The van der Waals surface area contributed by atoms with Crippen molar-refractivity contribution < 1.29 is 9.59 Å². The lowest BCUT2D eigenvalue weighted by Crippen LogP contribution is -2.51. The number of hydrogen-bond acceptors (Lipinski definition) is 3. The van der Waals surface area contributed by atoms with Gasteiger partial charge in [-0.05, 0) is 30.5 Å². The van der Waals surface area contributed by atoms with Gasteiger partial charge in [-0.25, -0.2) is 0 Å². The predicted molar refractivity (Wildman–Crippen MR) is 68.0 cm³/mol. The summed E-state index contributed by atoms with van der Waals surface area (Å²) in [5.74, 6) is -0.354. The van der Waals surface area contributed by atoms with E-state index in [4.69, 9.17) is 0 Å². The van der Waals surface area contributed by atoms with Crippen LogP contribution in [0.15, 0.2) is 29.2 Å². The highest BCUT2D eigenvalue weighted by molar-refractivity contribution is 7.80. The Bertz CT molecular complexity index is 455. The van der Waals surface area contributed by atoms with Crippen LogP contribution < -0.4 is 5.32 Å². The molecule has 0 aromatic heterocycles. The van der Waals surface area contributed by atoms with E-state index in [0.29, 0.717) is 19.3 Å². The van der Waals surface area contributed by atoms with E-state index in [1.807, 2.05) is 31.2 Å². The third-order valence-corrected chi connectivity index (χ3v) is 3.79. The van der Waals surface area contributed by atoms with Crippen LogP contribution in [0.1, 0.15) is 31.7 Å². The maximum Gasteiger partial charge on any atom is 0.237 e. The molecule has 17 heavy (non-hydrogen) atoms. The molecule has 0 radical (unpaired) electrons. The number of carbonyl (C=O) groups excluding carboxylic acids is 2. The number of benzene rings is 1. The first-order valence-corrected chi connectivity index (χ1v) is 6.17. The molecule has 90 valence electrons. The molecule has 2 amide bonds. The van der Waals surface area contributed by atoms with Crippen LogP contribution in [0.2, 0.25) is 0 Å². The molecule has 2 rings (SSSR count). The van der Waals surface area contributed by atoms with Gasteiger partial charge in [0, 0.05) is 11.3 Å². The quantitative estimate of drug-likeness (QED) is 0.622. The minimum atomic E-state index is -0.560. The molecule has 3 nitrogen and oxygen atoms in total. The molecule has 1 aromatic carbocycles. The van der Waals surface area contributed by atoms with Gasteiger partial charge in [0.1, 0.15) is 0 Å². The van der Waals surface area contributed by atoms with Gasteiger partial charge in [-0.2, -0.15) is 0 Å². The summed E-state index contributed by atoms with van der Waals surface area (Å²) in [6.45, 7) is 1.98. The minimum absolute atomic E-state index is 0.176. The van der Waals surface area contributed by atoms with Crippen molar-refractivity contribution in [1.82, 2.24) is 5.32 Å². The molecule has 1 aliphatic rings. The largest absolute Gasteiger partial charge is 0.296 e. The van der Waals surface area contributed by atoms with Crippen molar-refractivity contribution >= 4 is 24.4 Å². The monoisotopic (exact) mass is 249 g/mol. The maximum absolute atomic E-state index is 12.1. The van der Waals surface area contributed by atoms with Crippen LogP contribution in [0, 0.1) is 0 Å². The summed E-state index contributed by atoms with van der Waals surface area (Å²) in [6, 6.07) is 7.58.